The van der Waals surface area contributed by atoms with Crippen molar-refractivity contribution in [2.75, 3.05) is 18.4 Å². The number of anilines is 1. The quantitative estimate of drug-likeness (QED) is 0.705. The molecule has 1 aliphatic heterocycles. The van der Waals surface area contributed by atoms with E-state index < -0.39 is 23.7 Å². The molecule has 2 N–H and O–H groups in total. The lowest BCUT2D eigenvalue weighted by molar-refractivity contribution is -0.134. The van der Waals surface area contributed by atoms with Crippen molar-refractivity contribution in [3.8, 4) is 0 Å². The Balaban J connectivity index is 2.06. The summed E-state index contributed by atoms with van der Waals surface area (Å²) in [4.78, 5) is 34.9. The van der Waals surface area contributed by atoms with Crippen LogP contribution in [0.4, 0.5) is 14.9 Å². The van der Waals surface area contributed by atoms with E-state index in [-0.39, 0.29) is 18.8 Å². The number of halogens is 1. The zero-order valence-corrected chi connectivity index (χ0v) is 9.27. The molecule has 6 nitrogen and oxygen atoms in total. The summed E-state index contributed by atoms with van der Waals surface area (Å²) in [6.07, 6.45) is 0. The van der Waals surface area contributed by atoms with Crippen LogP contribution in [0.15, 0.2) is 24.3 Å². The lowest BCUT2D eigenvalue weighted by Crippen LogP contribution is -2.54. The van der Waals surface area contributed by atoms with Crippen molar-refractivity contribution in [3.63, 3.8) is 0 Å². The minimum absolute atomic E-state index is 0.000862. The molecular formula is C11H10FN3O3. The number of rotatable bonds is 1. The Kier molecular flexibility index (Phi) is 3.22. The summed E-state index contributed by atoms with van der Waals surface area (Å²) in [6, 6.07) is 4.95. The van der Waals surface area contributed by atoms with Crippen LogP contribution in [-0.2, 0) is 9.59 Å². The van der Waals surface area contributed by atoms with Gasteiger partial charge in [0.1, 0.15) is 18.9 Å². The van der Waals surface area contributed by atoms with Crippen LogP contribution >= 0.6 is 0 Å². The molecule has 1 aromatic rings. The second-order valence-electron chi connectivity index (χ2n) is 3.74. The molecule has 7 heteroatoms. The van der Waals surface area contributed by atoms with Crippen LogP contribution in [0.25, 0.3) is 0 Å². The van der Waals surface area contributed by atoms with Crippen LogP contribution in [0.2, 0.25) is 0 Å². The second-order valence-corrected chi connectivity index (χ2v) is 3.74. The number of hydrogen-bond acceptors (Lipinski definition) is 3. The molecule has 1 heterocycles. The smallest absolute Gasteiger partial charge is 0.306 e. The predicted octanol–water partition coefficient (Wildman–Crippen LogP) is 0.316. The molecule has 0 unspecified atom stereocenters. The fraction of sp³-hybridized carbons (Fsp3) is 0.182. The first-order valence-corrected chi connectivity index (χ1v) is 5.19. The van der Waals surface area contributed by atoms with Gasteiger partial charge in [-0.3, -0.25) is 14.9 Å². The molecule has 1 aromatic carbocycles. The standard InChI is InChI=1S/C11H10FN3O3/c12-7-3-1-2-4-8(7)13-11(18)15-5-9(16)14-10(17)6-15/h1-4H,5-6H2,(H,13,18)(H,14,16,17). The van der Waals surface area contributed by atoms with Crippen LogP contribution in [0.5, 0.6) is 0 Å². The Hall–Kier alpha value is -2.44. The van der Waals surface area contributed by atoms with Crippen molar-refractivity contribution in [2.24, 2.45) is 0 Å². The summed E-state index contributed by atoms with van der Waals surface area (Å²) in [7, 11) is 0. The van der Waals surface area contributed by atoms with E-state index in [0.29, 0.717) is 0 Å². The third kappa shape index (κ3) is 2.62. The second kappa shape index (κ2) is 4.82. The van der Waals surface area contributed by atoms with Gasteiger partial charge in [0.25, 0.3) is 0 Å². The van der Waals surface area contributed by atoms with Crippen LogP contribution in [0.1, 0.15) is 0 Å². The first kappa shape index (κ1) is 12.0. The van der Waals surface area contributed by atoms with E-state index in [9.17, 15) is 18.8 Å². The van der Waals surface area contributed by atoms with E-state index in [2.05, 4.69) is 10.6 Å². The van der Waals surface area contributed by atoms with Crippen molar-refractivity contribution < 1.29 is 18.8 Å². The number of nitrogens with zero attached hydrogens (tertiary/aromatic N) is 1. The van der Waals surface area contributed by atoms with Crippen LogP contribution < -0.4 is 10.6 Å². The summed E-state index contributed by atoms with van der Waals surface area (Å²) >= 11 is 0. The van der Waals surface area contributed by atoms with Gasteiger partial charge in [0, 0.05) is 0 Å². The molecule has 4 amide bonds. The largest absolute Gasteiger partial charge is 0.322 e. The molecule has 0 saturated carbocycles. The Morgan fingerprint density at radius 2 is 1.83 bits per heavy atom. The van der Waals surface area contributed by atoms with E-state index in [4.69, 9.17) is 0 Å². The number of para-hydroxylation sites is 1. The van der Waals surface area contributed by atoms with E-state index in [1.165, 1.54) is 18.2 Å². The number of nitrogens with one attached hydrogen (secondary N) is 2. The highest BCUT2D eigenvalue weighted by atomic mass is 19.1. The van der Waals surface area contributed by atoms with Crippen molar-refractivity contribution in [1.29, 1.82) is 0 Å². The summed E-state index contributed by atoms with van der Waals surface area (Å²) in [5, 5.41) is 4.37. The highest BCUT2D eigenvalue weighted by Crippen LogP contribution is 2.13. The molecule has 1 aliphatic rings. The Morgan fingerprint density at radius 1 is 1.22 bits per heavy atom. The van der Waals surface area contributed by atoms with Crippen molar-refractivity contribution >= 4 is 23.5 Å². The maximum Gasteiger partial charge on any atom is 0.322 e. The lowest BCUT2D eigenvalue weighted by Gasteiger charge is -2.25. The molecule has 1 fully saturated rings. The average Bonchev–Trinajstić information content (AvgIpc) is 2.31. The fourth-order valence-electron chi connectivity index (χ4n) is 1.54. The number of urea groups is 1. The van der Waals surface area contributed by atoms with Gasteiger partial charge in [-0.1, -0.05) is 12.1 Å². The van der Waals surface area contributed by atoms with E-state index in [1.54, 1.807) is 6.07 Å². The topological polar surface area (TPSA) is 78.5 Å². The molecule has 0 aromatic heterocycles. The molecule has 0 atom stereocenters. The van der Waals surface area contributed by atoms with E-state index in [0.717, 1.165) is 4.90 Å². The Labute approximate surface area is 102 Å². The van der Waals surface area contributed by atoms with Crippen molar-refractivity contribution in [1.82, 2.24) is 10.2 Å². The fourth-order valence-corrected chi connectivity index (χ4v) is 1.54. The Bertz CT molecular complexity index is 502. The molecule has 0 spiro atoms. The van der Waals surface area contributed by atoms with E-state index in [1.807, 2.05) is 0 Å². The van der Waals surface area contributed by atoms with Gasteiger partial charge in [0.15, 0.2) is 0 Å². The summed E-state index contributed by atoms with van der Waals surface area (Å²) in [5.74, 6) is -1.71. The van der Waals surface area contributed by atoms with Gasteiger partial charge in [-0.15, -0.1) is 0 Å². The summed E-state index contributed by atoms with van der Waals surface area (Å²) < 4.78 is 13.3. The normalized spacial score (nSPS) is 15.3. The SMILES string of the molecule is O=C1CN(C(=O)Nc2ccccc2F)CC(=O)N1. The summed E-state index contributed by atoms with van der Waals surface area (Å²) in [6.45, 7) is -0.460. The third-order valence-corrected chi connectivity index (χ3v) is 2.35. The van der Waals surface area contributed by atoms with Gasteiger partial charge in [-0.2, -0.15) is 0 Å². The monoisotopic (exact) mass is 251 g/mol. The minimum Gasteiger partial charge on any atom is -0.306 e. The van der Waals surface area contributed by atoms with Gasteiger partial charge >= 0.3 is 6.03 Å². The molecule has 0 bridgehead atoms. The number of hydrogen-bond donors (Lipinski definition) is 2. The number of benzene rings is 1. The number of imide groups is 1. The zero-order chi connectivity index (χ0) is 13.1. The van der Waals surface area contributed by atoms with Crippen LogP contribution in [-0.4, -0.2) is 35.8 Å². The molecule has 2 rings (SSSR count). The first-order valence-electron chi connectivity index (χ1n) is 5.19. The maximum absolute atomic E-state index is 13.3. The van der Waals surface area contributed by atoms with Crippen molar-refractivity contribution in [3.05, 3.63) is 30.1 Å². The van der Waals surface area contributed by atoms with Crippen LogP contribution in [0.3, 0.4) is 0 Å². The lowest BCUT2D eigenvalue weighted by atomic mass is 10.3. The number of amides is 4. The van der Waals surface area contributed by atoms with Gasteiger partial charge < -0.3 is 10.2 Å². The molecular weight excluding hydrogens is 241 g/mol. The number of carbonyl (C=O) groups is 3. The zero-order valence-electron chi connectivity index (χ0n) is 9.27. The van der Waals surface area contributed by atoms with Gasteiger partial charge in [0.2, 0.25) is 11.8 Å². The minimum atomic E-state index is -0.691. The van der Waals surface area contributed by atoms with Gasteiger partial charge in [-0.25, -0.2) is 9.18 Å². The van der Waals surface area contributed by atoms with Crippen LogP contribution in [0, 0.1) is 5.82 Å². The summed E-state index contributed by atoms with van der Waals surface area (Å²) in [5.41, 5.74) is 0.000862. The van der Waals surface area contributed by atoms with E-state index >= 15 is 0 Å². The third-order valence-electron chi connectivity index (χ3n) is 2.35. The first-order chi connectivity index (χ1) is 8.56. The van der Waals surface area contributed by atoms with Gasteiger partial charge in [0.05, 0.1) is 5.69 Å². The molecule has 94 valence electrons. The highest BCUT2D eigenvalue weighted by molar-refractivity contribution is 6.04. The number of piperazine rings is 1. The molecule has 1 saturated heterocycles. The molecule has 18 heavy (non-hydrogen) atoms. The number of carbonyl (C=O) groups excluding carboxylic acids is 3. The predicted molar refractivity (Wildman–Crippen MR) is 60.1 cm³/mol. The average molecular weight is 251 g/mol. The molecule has 0 radical (unpaired) electrons. The van der Waals surface area contributed by atoms with Crippen molar-refractivity contribution in [2.45, 2.75) is 0 Å². The maximum atomic E-state index is 13.3. The molecule has 0 aliphatic carbocycles. The Morgan fingerprint density at radius 3 is 2.44 bits per heavy atom. The highest BCUT2D eigenvalue weighted by Gasteiger charge is 2.26. The van der Waals surface area contributed by atoms with Gasteiger partial charge in [-0.05, 0) is 12.1 Å².